The van der Waals surface area contributed by atoms with Gasteiger partial charge in [-0.1, -0.05) is 110 Å². The zero-order chi connectivity index (χ0) is 31.6. The molecule has 0 saturated heterocycles. The molecule has 0 bridgehead atoms. The van der Waals surface area contributed by atoms with E-state index in [2.05, 4.69) is 19.1 Å². The number of carbonyl (C=O) groups is 3. The Morgan fingerprint density at radius 1 is 0.571 bits per heavy atom. The lowest BCUT2D eigenvalue weighted by molar-refractivity contribution is -0.929. The maximum atomic E-state index is 11.5. The van der Waals surface area contributed by atoms with Gasteiger partial charge in [0.2, 0.25) is 0 Å². The third-order valence-corrected chi connectivity index (χ3v) is 8.98. The minimum absolute atomic E-state index is 0.446. The van der Waals surface area contributed by atoms with Crippen molar-refractivity contribution in [2.75, 3.05) is 26.2 Å². The number of hydrogen-bond acceptors (Lipinski definition) is 4. The van der Waals surface area contributed by atoms with Crippen molar-refractivity contribution in [2.45, 2.75) is 150 Å². The first-order valence-electron chi connectivity index (χ1n) is 17.2. The van der Waals surface area contributed by atoms with Crippen LogP contribution in [0.2, 0.25) is 0 Å². The average Bonchev–Trinajstić information content (AvgIpc) is 2.96. The van der Waals surface area contributed by atoms with Crippen LogP contribution in [0.3, 0.4) is 0 Å². The van der Waals surface area contributed by atoms with Crippen molar-refractivity contribution in [3.05, 3.63) is 12.2 Å². The Morgan fingerprint density at radius 3 is 1.31 bits per heavy atom. The number of unbranched alkanes of at least 4 members (excludes halogenated alkanes) is 14. The highest BCUT2D eigenvalue weighted by molar-refractivity contribution is 5.69. The summed E-state index contributed by atoms with van der Waals surface area (Å²) in [6.07, 6.45) is 26.2. The number of rotatable bonds is 30. The van der Waals surface area contributed by atoms with E-state index in [0.29, 0.717) is 43.4 Å². The van der Waals surface area contributed by atoms with Gasteiger partial charge in [0.25, 0.3) is 0 Å². The third-order valence-electron chi connectivity index (χ3n) is 8.98. The molecule has 0 amide bonds. The highest BCUT2D eigenvalue weighted by atomic mass is 16.4. The van der Waals surface area contributed by atoms with Gasteiger partial charge in [0.15, 0.2) is 0 Å². The summed E-state index contributed by atoms with van der Waals surface area (Å²) in [4.78, 5) is 34.4. The lowest BCUT2D eigenvalue weighted by Crippen LogP contribution is -2.52. The molecule has 246 valence electrons. The van der Waals surface area contributed by atoms with Crippen molar-refractivity contribution in [3.63, 3.8) is 0 Å². The van der Waals surface area contributed by atoms with Gasteiger partial charge in [-0.15, -0.1) is 0 Å². The molecule has 0 radical (unpaired) electrons. The fourth-order valence-corrected chi connectivity index (χ4v) is 5.49. The SMILES string of the molecule is CCC/C=C/CCCCCCCCCCCCCCC[N+](CCC(C)C(=O)[O-])(CCC(C)C(=O)O)CCC(C)C(=O)O. The number of nitrogens with zero attached hydrogens (tertiary/aromatic N) is 1. The van der Waals surface area contributed by atoms with E-state index in [0.717, 1.165) is 19.4 Å². The van der Waals surface area contributed by atoms with E-state index in [-0.39, 0.29) is 0 Å². The molecule has 0 fully saturated rings. The van der Waals surface area contributed by atoms with Crippen LogP contribution in [-0.4, -0.2) is 58.8 Å². The van der Waals surface area contributed by atoms with Crippen LogP contribution in [-0.2, 0) is 14.4 Å². The normalized spacial score (nSPS) is 15.3. The summed E-state index contributed by atoms with van der Waals surface area (Å²) < 4.78 is 0.586. The lowest BCUT2D eigenvalue weighted by atomic mass is 10.0. The molecule has 0 aliphatic rings. The van der Waals surface area contributed by atoms with Crippen LogP contribution < -0.4 is 5.11 Å². The van der Waals surface area contributed by atoms with Crippen molar-refractivity contribution >= 4 is 17.9 Å². The Morgan fingerprint density at radius 2 is 0.929 bits per heavy atom. The maximum absolute atomic E-state index is 11.5. The van der Waals surface area contributed by atoms with Gasteiger partial charge in [0, 0.05) is 31.1 Å². The number of hydrogen-bond donors (Lipinski definition) is 2. The van der Waals surface area contributed by atoms with Crippen molar-refractivity contribution < 1.29 is 34.2 Å². The molecule has 0 rings (SSSR count). The molecule has 3 atom stereocenters. The van der Waals surface area contributed by atoms with Gasteiger partial charge in [-0.2, -0.15) is 0 Å². The van der Waals surface area contributed by atoms with Crippen molar-refractivity contribution in [1.82, 2.24) is 0 Å². The minimum atomic E-state index is -1.07. The van der Waals surface area contributed by atoms with Crippen LogP contribution in [0, 0.1) is 17.8 Å². The number of carboxylic acid groups (broad SMARTS) is 3. The summed E-state index contributed by atoms with van der Waals surface area (Å²) in [5, 5.41) is 30.2. The molecule has 0 aliphatic carbocycles. The Balaban J connectivity index is 4.49. The molecule has 7 nitrogen and oxygen atoms in total. The van der Waals surface area contributed by atoms with E-state index >= 15 is 0 Å². The lowest BCUT2D eigenvalue weighted by Gasteiger charge is -2.41. The maximum Gasteiger partial charge on any atom is 0.306 e. The van der Waals surface area contributed by atoms with Crippen LogP contribution >= 0.6 is 0 Å². The third kappa shape index (κ3) is 21.8. The number of carbonyl (C=O) groups excluding carboxylic acids is 1. The smallest absolute Gasteiger partial charge is 0.306 e. The molecule has 0 saturated carbocycles. The van der Waals surface area contributed by atoms with E-state index in [1.807, 2.05) is 0 Å². The standard InChI is InChI=1S/C35H65NO6/c1-5-6-7-8-9-10-11-12-13-14-15-16-17-18-19-20-21-22-26-36(27-23-30(2)33(37)38,28-24-31(3)34(39)40)29-25-32(4)35(41)42/h7-8,30-32H,5-6,9-29H2,1-4H3,(H2-,37,38,39,40,41,42)/b8-7+. The van der Waals surface area contributed by atoms with Gasteiger partial charge < -0.3 is 24.6 Å². The van der Waals surface area contributed by atoms with Gasteiger partial charge in [-0.25, -0.2) is 0 Å². The summed E-state index contributed by atoms with van der Waals surface area (Å²) in [5.74, 6) is -4.31. The van der Waals surface area contributed by atoms with Crippen LogP contribution in [0.5, 0.6) is 0 Å². The largest absolute Gasteiger partial charge is 0.550 e. The second-order valence-corrected chi connectivity index (χ2v) is 12.9. The van der Waals surface area contributed by atoms with Crippen molar-refractivity contribution in [3.8, 4) is 0 Å². The first kappa shape index (κ1) is 40.1. The fourth-order valence-electron chi connectivity index (χ4n) is 5.49. The summed E-state index contributed by atoms with van der Waals surface area (Å²) in [5.41, 5.74) is 0. The van der Waals surface area contributed by atoms with E-state index in [1.165, 1.54) is 89.9 Å². The second kappa shape index (κ2) is 25.6. The van der Waals surface area contributed by atoms with Gasteiger partial charge in [0.1, 0.15) is 0 Å². The zero-order valence-corrected chi connectivity index (χ0v) is 27.6. The number of allylic oxidation sites excluding steroid dienone is 2. The summed E-state index contributed by atoms with van der Waals surface area (Å²) in [6.45, 7) is 9.94. The summed E-state index contributed by atoms with van der Waals surface area (Å²) in [7, 11) is 0. The van der Waals surface area contributed by atoms with Gasteiger partial charge in [-0.05, 0) is 32.1 Å². The predicted molar refractivity (Wildman–Crippen MR) is 170 cm³/mol. The molecular formula is C35H65NO6. The summed E-state index contributed by atoms with van der Waals surface area (Å²) >= 11 is 0. The molecule has 0 heterocycles. The molecular weight excluding hydrogens is 530 g/mol. The number of aliphatic carboxylic acids is 3. The highest BCUT2D eigenvalue weighted by Gasteiger charge is 2.30. The average molecular weight is 596 g/mol. The molecule has 7 heteroatoms. The second-order valence-electron chi connectivity index (χ2n) is 12.9. The van der Waals surface area contributed by atoms with E-state index in [1.54, 1.807) is 20.8 Å². The quantitative estimate of drug-likeness (QED) is 0.0501. The van der Waals surface area contributed by atoms with Crippen LogP contribution in [0.4, 0.5) is 0 Å². The van der Waals surface area contributed by atoms with E-state index < -0.39 is 35.7 Å². The van der Waals surface area contributed by atoms with Crippen LogP contribution in [0.25, 0.3) is 0 Å². The van der Waals surface area contributed by atoms with Crippen LogP contribution in [0.15, 0.2) is 12.2 Å². The summed E-state index contributed by atoms with van der Waals surface area (Å²) in [6, 6.07) is 0. The Hall–Kier alpha value is -1.89. The molecule has 2 N–H and O–H groups in total. The van der Waals surface area contributed by atoms with Gasteiger partial charge >= 0.3 is 11.9 Å². The number of quaternary nitrogens is 1. The molecule has 0 aromatic carbocycles. The Bertz CT molecular complexity index is 677. The van der Waals surface area contributed by atoms with Crippen LogP contribution in [0.1, 0.15) is 150 Å². The van der Waals surface area contributed by atoms with Gasteiger partial charge in [0.05, 0.1) is 38.0 Å². The van der Waals surface area contributed by atoms with E-state index in [9.17, 15) is 29.7 Å². The molecule has 42 heavy (non-hydrogen) atoms. The van der Waals surface area contributed by atoms with Gasteiger partial charge in [-0.3, -0.25) is 9.59 Å². The predicted octanol–water partition coefficient (Wildman–Crippen LogP) is 7.62. The zero-order valence-electron chi connectivity index (χ0n) is 27.6. The molecule has 3 unspecified atom stereocenters. The number of carboxylic acids is 3. The molecule has 0 spiro atoms. The monoisotopic (exact) mass is 595 g/mol. The fraction of sp³-hybridized carbons (Fsp3) is 0.857. The molecule has 0 aromatic heterocycles. The first-order chi connectivity index (χ1) is 20.0. The topological polar surface area (TPSA) is 115 Å². The minimum Gasteiger partial charge on any atom is -0.550 e. The van der Waals surface area contributed by atoms with E-state index in [4.69, 9.17) is 0 Å². The highest BCUT2D eigenvalue weighted by Crippen LogP contribution is 2.22. The Labute approximate surface area is 257 Å². The first-order valence-corrected chi connectivity index (χ1v) is 17.2. The molecule has 0 aliphatic heterocycles. The van der Waals surface area contributed by atoms with Crippen molar-refractivity contribution in [1.29, 1.82) is 0 Å². The van der Waals surface area contributed by atoms with Crippen molar-refractivity contribution in [2.24, 2.45) is 17.8 Å². The Kier molecular flexibility index (Phi) is 24.4. The molecule has 0 aromatic rings.